The first-order chi connectivity index (χ1) is 4.67. The van der Waals surface area contributed by atoms with Crippen LogP contribution in [-0.4, -0.2) is 17.1 Å². The lowest BCUT2D eigenvalue weighted by atomic mass is 10.0. The van der Waals surface area contributed by atoms with Crippen molar-refractivity contribution < 1.29 is 22.7 Å². The Hall–Kier alpha value is -0.320. The molecule has 0 aliphatic carbocycles. The zero-order valence-electron chi connectivity index (χ0n) is 6.24. The topological polar surface area (TPSA) is 20.2 Å². The monoisotopic (exact) mass is 174 g/mol. The molecule has 0 saturated heterocycles. The molecular formula is C6H10F4O. The quantitative estimate of drug-likeness (QED) is 0.636. The van der Waals surface area contributed by atoms with Gasteiger partial charge in [-0.05, 0) is 5.92 Å². The standard InChI is InChI=1S/C6H10F4O/c1-4(2)3-5(7,11)6(8,9)10/h4,11H,3H2,1-2H3. The summed E-state index contributed by atoms with van der Waals surface area (Å²) in [5.74, 6) is -4.58. The van der Waals surface area contributed by atoms with Gasteiger partial charge in [0, 0.05) is 6.42 Å². The predicted octanol–water partition coefficient (Wildman–Crippen LogP) is 2.25. The van der Waals surface area contributed by atoms with Crippen molar-refractivity contribution in [2.45, 2.75) is 32.3 Å². The number of rotatable bonds is 2. The molecule has 5 heteroatoms. The number of aliphatic hydroxyl groups is 1. The lowest BCUT2D eigenvalue weighted by molar-refractivity contribution is -0.320. The molecule has 1 N–H and O–H groups in total. The number of halogens is 4. The highest BCUT2D eigenvalue weighted by Crippen LogP contribution is 2.36. The van der Waals surface area contributed by atoms with Crippen LogP contribution in [0, 0.1) is 5.92 Å². The molecule has 68 valence electrons. The van der Waals surface area contributed by atoms with Gasteiger partial charge in [-0.2, -0.15) is 13.2 Å². The van der Waals surface area contributed by atoms with Gasteiger partial charge in [-0.3, -0.25) is 0 Å². The molecule has 0 aromatic heterocycles. The van der Waals surface area contributed by atoms with Crippen molar-refractivity contribution in [3.63, 3.8) is 0 Å². The first kappa shape index (κ1) is 10.7. The molecular weight excluding hydrogens is 164 g/mol. The molecule has 0 rings (SSSR count). The molecule has 1 atom stereocenters. The zero-order chi connectivity index (χ0) is 9.28. The van der Waals surface area contributed by atoms with E-state index in [0.29, 0.717) is 0 Å². The first-order valence-corrected chi connectivity index (χ1v) is 3.15. The lowest BCUT2D eigenvalue weighted by Gasteiger charge is -2.23. The van der Waals surface area contributed by atoms with Crippen LogP contribution >= 0.6 is 0 Å². The van der Waals surface area contributed by atoms with Crippen molar-refractivity contribution in [1.29, 1.82) is 0 Å². The van der Waals surface area contributed by atoms with E-state index in [1.807, 2.05) is 0 Å². The van der Waals surface area contributed by atoms with Gasteiger partial charge in [0.05, 0.1) is 0 Å². The Labute approximate surface area is 62.0 Å². The second kappa shape index (κ2) is 2.97. The van der Waals surface area contributed by atoms with E-state index in [-0.39, 0.29) is 0 Å². The summed E-state index contributed by atoms with van der Waals surface area (Å²) in [6.45, 7) is 2.80. The highest BCUT2D eigenvalue weighted by molar-refractivity contribution is 4.75. The molecule has 0 fully saturated rings. The summed E-state index contributed by atoms with van der Waals surface area (Å²) in [4.78, 5) is 0. The summed E-state index contributed by atoms with van der Waals surface area (Å²) in [6, 6.07) is 0. The van der Waals surface area contributed by atoms with Gasteiger partial charge in [-0.1, -0.05) is 13.8 Å². The van der Waals surface area contributed by atoms with Crippen molar-refractivity contribution in [2.75, 3.05) is 0 Å². The lowest BCUT2D eigenvalue weighted by Crippen LogP contribution is -2.41. The Balaban J connectivity index is 4.22. The minimum Gasteiger partial charge on any atom is -0.355 e. The molecule has 0 aromatic carbocycles. The van der Waals surface area contributed by atoms with E-state index < -0.39 is 24.4 Å². The Morgan fingerprint density at radius 2 is 1.55 bits per heavy atom. The zero-order valence-corrected chi connectivity index (χ0v) is 6.24. The van der Waals surface area contributed by atoms with Gasteiger partial charge in [0.15, 0.2) is 0 Å². The molecule has 0 bridgehead atoms. The van der Waals surface area contributed by atoms with E-state index in [1.54, 1.807) is 0 Å². The average molecular weight is 174 g/mol. The van der Waals surface area contributed by atoms with Crippen molar-refractivity contribution in [1.82, 2.24) is 0 Å². The minimum absolute atomic E-state index is 0.536. The smallest absolute Gasteiger partial charge is 0.355 e. The molecule has 1 nitrogen and oxygen atoms in total. The fraction of sp³-hybridized carbons (Fsp3) is 1.00. The third-order valence-electron chi connectivity index (χ3n) is 1.11. The van der Waals surface area contributed by atoms with E-state index >= 15 is 0 Å². The van der Waals surface area contributed by atoms with Gasteiger partial charge in [-0.25, -0.2) is 4.39 Å². The highest BCUT2D eigenvalue weighted by atomic mass is 19.4. The normalized spacial score (nSPS) is 18.5. The summed E-state index contributed by atoms with van der Waals surface area (Å²) >= 11 is 0. The Kier molecular flexibility index (Phi) is 2.88. The third kappa shape index (κ3) is 3.05. The van der Waals surface area contributed by atoms with E-state index in [9.17, 15) is 17.6 Å². The minimum atomic E-state index is -5.18. The van der Waals surface area contributed by atoms with Crippen molar-refractivity contribution in [3.05, 3.63) is 0 Å². The number of alkyl halides is 4. The van der Waals surface area contributed by atoms with Gasteiger partial charge in [0.25, 0.3) is 0 Å². The summed E-state index contributed by atoms with van der Waals surface area (Å²) in [7, 11) is 0. The summed E-state index contributed by atoms with van der Waals surface area (Å²) in [6.07, 6.45) is -6.10. The maximum atomic E-state index is 12.3. The van der Waals surface area contributed by atoms with Crippen molar-refractivity contribution in [2.24, 2.45) is 5.92 Å². The Morgan fingerprint density at radius 3 is 1.64 bits per heavy atom. The van der Waals surface area contributed by atoms with E-state index in [4.69, 9.17) is 5.11 Å². The molecule has 0 radical (unpaired) electrons. The van der Waals surface area contributed by atoms with Crippen LogP contribution in [0.15, 0.2) is 0 Å². The van der Waals surface area contributed by atoms with Gasteiger partial charge in [0.2, 0.25) is 0 Å². The van der Waals surface area contributed by atoms with Crippen LogP contribution in [0.2, 0.25) is 0 Å². The molecule has 0 aromatic rings. The van der Waals surface area contributed by atoms with Crippen molar-refractivity contribution in [3.8, 4) is 0 Å². The van der Waals surface area contributed by atoms with Crippen LogP contribution in [0.1, 0.15) is 20.3 Å². The van der Waals surface area contributed by atoms with Crippen LogP contribution in [0.4, 0.5) is 17.6 Å². The molecule has 0 spiro atoms. The van der Waals surface area contributed by atoms with Gasteiger partial charge >= 0.3 is 12.0 Å². The van der Waals surface area contributed by atoms with Crippen molar-refractivity contribution >= 4 is 0 Å². The molecule has 0 aliphatic heterocycles. The molecule has 11 heavy (non-hydrogen) atoms. The van der Waals surface area contributed by atoms with Crippen LogP contribution in [0.5, 0.6) is 0 Å². The summed E-state index contributed by atoms with van der Waals surface area (Å²) < 4.78 is 47.0. The second-order valence-corrected chi connectivity index (χ2v) is 2.86. The molecule has 0 heterocycles. The average Bonchev–Trinajstić information content (AvgIpc) is 1.56. The number of hydrogen-bond acceptors (Lipinski definition) is 1. The third-order valence-corrected chi connectivity index (χ3v) is 1.11. The summed E-state index contributed by atoms with van der Waals surface area (Å²) in [5.41, 5.74) is 0. The second-order valence-electron chi connectivity index (χ2n) is 2.86. The summed E-state index contributed by atoms with van der Waals surface area (Å²) in [5, 5.41) is 8.23. The molecule has 0 saturated carbocycles. The predicted molar refractivity (Wildman–Crippen MR) is 31.6 cm³/mol. The Morgan fingerprint density at radius 1 is 1.18 bits per heavy atom. The fourth-order valence-corrected chi connectivity index (χ4v) is 0.657. The van der Waals surface area contributed by atoms with Gasteiger partial charge < -0.3 is 5.11 Å². The van der Waals surface area contributed by atoms with Crippen LogP contribution in [0.3, 0.4) is 0 Å². The first-order valence-electron chi connectivity index (χ1n) is 3.15. The van der Waals surface area contributed by atoms with E-state index in [1.165, 1.54) is 13.8 Å². The van der Waals surface area contributed by atoms with E-state index in [2.05, 4.69) is 0 Å². The Bertz CT molecular complexity index is 127. The molecule has 0 aliphatic rings. The van der Waals surface area contributed by atoms with E-state index in [0.717, 1.165) is 0 Å². The maximum absolute atomic E-state index is 12.3. The van der Waals surface area contributed by atoms with Crippen LogP contribution in [0.25, 0.3) is 0 Å². The molecule has 1 unspecified atom stereocenters. The van der Waals surface area contributed by atoms with Crippen LogP contribution in [-0.2, 0) is 0 Å². The highest BCUT2D eigenvalue weighted by Gasteiger charge is 2.54. The van der Waals surface area contributed by atoms with Gasteiger partial charge in [0.1, 0.15) is 0 Å². The van der Waals surface area contributed by atoms with Gasteiger partial charge in [-0.15, -0.1) is 0 Å². The number of hydrogen-bond donors (Lipinski definition) is 1. The fourth-order valence-electron chi connectivity index (χ4n) is 0.657. The largest absolute Gasteiger partial charge is 0.448 e. The molecule has 0 amide bonds. The SMILES string of the molecule is CC(C)CC(O)(F)C(F)(F)F. The van der Waals surface area contributed by atoms with Crippen LogP contribution < -0.4 is 0 Å². The maximum Gasteiger partial charge on any atom is 0.448 e.